The zero-order valence-corrected chi connectivity index (χ0v) is 20.7. The van der Waals surface area contributed by atoms with Crippen LogP contribution in [0.2, 0.25) is 0 Å². The van der Waals surface area contributed by atoms with Crippen LogP contribution in [0, 0.1) is 5.92 Å². The number of carbonyl (C=O) groups is 1. The van der Waals surface area contributed by atoms with Gasteiger partial charge in [-0.2, -0.15) is 0 Å². The molecule has 1 aromatic rings. The summed E-state index contributed by atoms with van der Waals surface area (Å²) in [6, 6.07) is 8.14. The first-order valence-corrected chi connectivity index (χ1v) is 9.89. The molecule has 0 aliphatic heterocycles. The molecule has 0 bridgehead atoms. The van der Waals surface area contributed by atoms with Gasteiger partial charge in [0.25, 0.3) is 0 Å². The third kappa shape index (κ3) is 12.6. The van der Waals surface area contributed by atoms with Crippen molar-refractivity contribution in [2.24, 2.45) is 10.9 Å². The molecule has 0 aromatic heterocycles. The first-order chi connectivity index (χ1) is 13.5. The fourth-order valence-electron chi connectivity index (χ4n) is 2.49. The highest BCUT2D eigenvalue weighted by Crippen LogP contribution is 2.14. The van der Waals surface area contributed by atoms with Crippen molar-refractivity contribution in [2.45, 2.75) is 26.7 Å². The van der Waals surface area contributed by atoms with Gasteiger partial charge in [-0.25, -0.2) is 4.99 Å². The van der Waals surface area contributed by atoms with Gasteiger partial charge in [-0.1, -0.05) is 19.1 Å². The van der Waals surface area contributed by atoms with Crippen LogP contribution >= 0.6 is 24.0 Å². The third-order valence-electron chi connectivity index (χ3n) is 4.19. The van der Waals surface area contributed by atoms with E-state index in [-0.39, 0.29) is 36.4 Å². The Hall–Kier alpha value is -1.55. The van der Waals surface area contributed by atoms with Crippen LogP contribution in [-0.4, -0.2) is 70.8 Å². The Bertz CT molecular complexity index is 594. The maximum atomic E-state index is 11.8. The molecule has 1 amide bonds. The van der Waals surface area contributed by atoms with Gasteiger partial charge in [-0.05, 0) is 43.4 Å². The SMILES string of the molecule is CCOCCCNC(=NCC(=O)N(C)C)NCC(C)Cc1ccc(OC)cc1.I. The third-order valence-corrected chi connectivity index (χ3v) is 4.19. The van der Waals surface area contributed by atoms with Crippen LogP contribution < -0.4 is 15.4 Å². The van der Waals surface area contributed by atoms with E-state index in [4.69, 9.17) is 9.47 Å². The molecule has 0 saturated heterocycles. The summed E-state index contributed by atoms with van der Waals surface area (Å²) >= 11 is 0. The molecule has 8 heteroatoms. The van der Waals surface area contributed by atoms with E-state index in [9.17, 15) is 4.79 Å². The summed E-state index contributed by atoms with van der Waals surface area (Å²) in [5.41, 5.74) is 1.26. The Balaban J connectivity index is 0.00000784. The number of hydrogen-bond donors (Lipinski definition) is 2. The minimum Gasteiger partial charge on any atom is -0.497 e. The van der Waals surface area contributed by atoms with Crippen LogP contribution in [-0.2, 0) is 16.0 Å². The minimum absolute atomic E-state index is 0. The first kappa shape index (κ1) is 27.5. The van der Waals surface area contributed by atoms with Gasteiger partial charge >= 0.3 is 0 Å². The van der Waals surface area contributed by atoms with Crippen molar-refractivity contribution in [3.63, 3.8) is 0 Å². The number of benzene rings is 1. The average molecular weight is 520 g/mol. The highest BCUT2D eigenvalue weighted by Gasteiger charge is 2.08. The average Bonchev–Trinajstić information content (AvgIpc) is 2.69. The Morgan fingerprint density at radius 2 is 1.90 bits per heavy atom. The first-order valence-electron chi connectivity index (χ1n) is 9.89. The van der Waals surface area contributed by atoms with Gasteiger partial charge in [0, 0.05) is 40.4 Å². The van der Waals surface area contributed by atoms with Crippen molar-refractivity contribution in [3.8, 4) is 5.75 Å². The van der Waals surface area contributed by atoms with Gasteiger partial charge in [0.05, 0.1) is 7.11 Å². The van der Waals surface area contributed by atoms with E-state index in [1.807, 2.05) is 19.1 Å². The number of rotatable bonds is 12. The molecule has 0 aliphatic carbocycles. The Kier molecular flexibility index (Phi) is 15.4. The maximum Gasteiger partial charge on any atom is 0.243 e. The van der Waals surface area contributed by atoms with Gasteiger partial charge in [-0.15, -0.1) is 24.0 Å². The van der Waals surface area contributed by atoms with Gasteiger partial charge in [0.2, 0.25) is 5.91 Å². The van der Waals surface area contributed by atoms with Crippen molar-refractivity contribution >= 4 is 35.8 Å². The van der Waals surface area contributed by atoms with E-state index in [0.29, 0.717) is 18.5 Å². The molecule has 0 fully saturated rings. The number of carbonyl (C=O) groups excluding carboxylic acids is 1. The number of amides is 1. The molecule has 0 saturated carbocycles. The molecule has 7 nitrogen and oxygen atoms in total. The number of nitrogens with zero attached hydrogens (tertiary/aromatic N) is 2. The number of ether oxygens (including phenoxy) is 2. The predicted molar refractivity (Wildman–Crippen MR) is 129 cm³/mol. The van der Waals surface area contributed by atoms with Crippen molar-refractivity contribution in [3.05, 3.63) is 29.8 Å². The molecule has 2 N–H and O–H groups in total. The molecule has 1 rings (SSSR count). The van der Waals surface area contributed by atoms with Crippen LogP contribution in [0.15, 0.2) is 29.3 Å². The summed E-state index contributed by atoms with van der Waals surface area (Å²) in [6.07, 6.45) is 1.84. The second-order valence-corrected chi connectivity index (χ2v) is 6.97. The highest BCUT2D eigenvalue weighted by atomic mass is 127. The lowest BCUT2D eigenvalue weighted by Gasteiger charge is -2.17. The van der Waals surface area contributed by atoms with E-state index in [1.165, 1.54) is 5.56 Å². The number of methoxy groups -OCH3 is 1. The van der Waals surface area contributed by atoms with E-state index in [1.54, 1.807) is 26.1 Å². The molecule has 1 unspecified atom stereocenters. The monoisotopic (exact) mass is 520 g/mol. The van der Waals surface area contributed by atoms with Crippen LogP contribution in [0.3, 0.4) is 0 Å². The summed E-state index contributed by atoms with van der Waals surface area (Å²) in [5, 5.41) is 6.63. The second kappa shape index (κ2) is 16.3. The number of hydrogen-bond acceptors (Lipinski definition) is 4. The van der Waals surface area contributed by atoms with E-state index < -0.39 is 0 Å². The standard InChI is InChI=1S/C21H36N4O3.HI/c1-6-28-13-7-12-22-21(24-16-20(26)25(3)4)23-15-17(2)14-18-8-10-19(27-5)11-9-18;/h8-11,17H,6-7,12-16H2,1-5H3,(H2,22,23,24);1H. The topological polar surface area (TPSA) is 75.2 Å². The lowest BCUT2D eigenvalue weighted by atomic mass is 10.0. The number of nitrogens with one attached hydrogen (secondary N) is 2. The maximum absolute atomic E-state index is 11.8. The molecular weight excluding hydrogens is 483 g/mol. The number of likely N-dealkylation sites (N-methyl/N-ethyl adjacent to an activating group) is 1. The van der Waals surface area contributed by atoms with Crippen molar-refractivity contribution in [2.75, 3.05) is 54.1 Å². The molecule has 0 heterocycles. The largest absolute Gasteiger partial charge is 0.497 e. The summed E-state index contributed by atoms with van der Waals surface area (Å²) < 4.78 is 10.6. The van der Waals surface area contributed by atoms with Crippen LogP contribution in [0.1, 0.15) is 25.8 Å². The molecule has 166 valence electrons. The number of aliphatic imine (C=N–C) groups is 1. The predicted octanol–water partition coefficient (Wildman–Crippen LogP) is 2.54. The lowest BCUT2D eigenvalue weighted by Crippen LogP contribution is -2.41. The Labute approximate surface area is 192 Å². The van der Waals surface area contributed by atoms with Crippen molar-refractivity contribution < 1.29 is 14.3 Å². The molecule has 29 heavy (non-hydrogen) atoms. The van der Waals surface area contributed by atoms with E-state index in [0.717, 1.165) is 38.3 Å². The number of guanidine groups is 1. The van der Waals surface area contributed by atoms with Gasteiger partial charge in [0.15, 0.2) is 5.96 Å². The van der Waals surface area contributed by atoms with Gasteiger partial charge < -0.3 is 25.0 Å². The zero-order chi connectivity index (χ0) is 20.8. The van der Waals surface area contributed by atoms with Crippen LogP contribution in [0.5, 0.6) is 5.75 Å². The van der Waals surface area contributed by atoms with E-state index >= 15 is 0 Å². The van der Waals surface area contributed by atoms with Gasteiger partial charge in [-0.3, -0.25) is 4.79 Å². The molecular formula is C21H37IN4O3. The Morgan fingerprint density at radius 1 is 1.21 bits per heavy atom. The molecule has 0 spiro atoms. The zero-order valence-electron chi connectivity index (χ0n) is 18.4. The Morgan fingerprint density at radius 3 is 2.48 bits per heavy atom. The minimum atomic E-state index is -0.0262. The van der Waals surface area contributed by atoms with Crippen LogP contribution in [0.4, 0.5) is 0 Å². The summed E-state index contributed by atoms with van der Waals surface area (Å²) in [4.78, 5) is 17.8. The fourth-order valence-corrected chi connectivity index (χ4v) is 2.49. The lowest BCUT2D eigenvalue weighted by molar-refractivity contribution is -0.127. The smallest absolute Gasteiger partial charge is 0.243 e. The van der Waals surface area contributed by atoms with Crippen molar-refractivity contribution in [1.82, 2.24) is 15.5 Å². The molecule has 0 radical (unpaired) electrons. The summed E-state index contributed by atoms with van der Waals surface area (Å²) in [7, 11) is 5.14. The van der Waals surface area contributed by atoms with Crippen molar-refractivity contribution in [1.29, 1.82) is 0 Å². The normalized spacial score (nSPS) is 12.0. The summed E-state index contributed by atoms with van der Waals surface area (Å²) in [6.45, 7) is 7.24. The molecule has 1 atom stereocenters. The van der Waals surface area contributed by atoms with Crippen LogP contribution in [0.25, 0.3) is 0 Å². The highest BCUT2D eigenvalue weighted by molar-refractivity contribution is 14.0. The fraction of sp³-hybridized carbons (Fsp3) is 0.619. The van der Waals surface area contributed by atoms with Gasteiger partial charge in [0.1, 0.15) is 12.3 Å². The molecule has 1 aromatic carbocycles. The summed E-state index contributed by atoms with van der Waals surface area (Å²) in [5.74, 6) is 1.91. The number of halogens is 1. The van der Waals surface area contributed by atoms with E-state index in [2.05, 4.69) is 34.7 Å². The second-order valence-electron chi connectivity index (χ2n) is 6.97. The molecule has 0 aliphatic rings. The quantitative estimate of drug-likeness (QED) is 0.192.